The Bertz CT molecular complexity index is 699. The number of carbonyl (C=O) groups excluding carboxylic acids is 1. The largest absolute Gasteiger partial charge is 0.337 e. The lowest BCUT2D eigenvalue weighted by Crippen LogP contribution is -2.26. The van der Waals surface area contributed by atoms with Crippen molar-refractivity contribution in [1.29, 1.82) is 0 Å². The number of benzene rings is 1. The Hall–Kier alpha value is -1.73. The Kier molecular flexibility index (Phi) is 4.74. The summed E-state index contributed by atoms with van der Waals surface area (Å²) < 4.78 is 0.995. The van der Waals surface area contributed by atoms with E-state index in [4.69, 9.17) is 0 Å². The SMILES string of the molecule is Cc1cc([N+](=O)[O-])ccc1C(=O)N(C)Cc1cc(Br)cs1. The van der Waals surface area contributed by atoms with Gasteiger partial charge in [0, 0.05) is 39.5 Å². The zero-order chi connectivity index (χ0) is 15.6. The minimum absolute atomic E-state index is 0.00566. The van der Waals surface area contributed by atoms with E-state index >= 15 is 0 Å². The number of carbonyl (C=O) groups is 1. The number of nitro groups is 1. The molecule has 0 aliphatic rings. The zero-order valence-electron chi connectivity index (χ0n) is 11.5. The smallest absolute Gasteiger partial charge is 0.269 e. The van der Waals surface area contributed by atoms with Gasteiger partial charge in [-0.25, -0.2) is 0 Å². The lowest BCUT2D eigenvalue weighted by molar-refractivity contribution is -0.384. The summed E-state index contributed by atoms with van der Waals surface area (Å²) in [6, 6.07) is 6.26. The molecular formula is C14H13BrN2O3S. The number of non-ortho nitro benzene ring substituents is 1. The molecule has 0 spiro atoms. The monoisotopic (exact) mass is 368 g/mol. The van der Waals surface area contributed by atoms with E-state index in [9.17, 15) is 14.9 Å². The van der Waals surface area contributed by atoms with Gasteiger partial charge >= 0.3 is 0 Å². The van der Waals surface area contributed by atoms with E-state index in [0.717, 1.165) is 9.35 Å². The van der Waals surface area contributed by atoms with Crippen molar-refractivity contribution in [2.45, 2.75) is 13.5 Å². The summed E-state index contributed by atoms with van der Waals surface area (Å²) in [7, 11) is 1.72. The van der Waals surface area contributed by atoms with Crippen molar-refractivity contribution >= 4 is 38.9 Å². The summed E-state index contributed by atoms with van der Waals surface area (Å²) in [6.07, 6.45) is 0. The van der Waals surface area contributed by atoms with Crippen LogP contribution < -0.4 is 0 Å². The van der Waals surface area contributed by atoms with E-state index in [-0.39, 0.29) is 11.6 Å². The van der Waals surface area contributed by atoms with Gasteiger partial charge in [0.2, 0.25) is 0 Å². The van der Waals surface area contributed by atoms with Crippen LogP contribution in [0.4, 0.5) is 5.69 Å². The predicted octanol–water partition coefficient (Wildman–Crippen LogP) is 4.00. The summed E-state index contributed by atoms with van der Waals surface area (Å²) >= 11 is 4.95. The highest BCUT2D eigenvalue weighted by atomic mass is 79.9. The lowest BCUT2D eigenvalue weighted by atomic mass is 10.1. The molecule has 0 saturated carbocycles. The summed E-state index contributed by atoms with van der Waals surface area (Å²) in [4.78, 5) is 25.3. The van der Waals surface area contributed by atoms with E-state index in [1.165, 1.54) is 18.2 Å². The van der Waals surface area contributed by atoms with E-state index in [1.54, 1.807) is 30.2 Å². The fraction of sp³-hybridized carbons (Fsp3) is 0.214. The maximum atomic E-state index is 12.4. The van der Waals surface area contributed by atoms with Crippen LogP contribution in [0.1, 0.15) is 20.8 Å². The molecule has 0 unspecified atom stereocenters. The van der Waals surface area contributed by atoms with Crippen LogP contribution in [0, 0.1) is 17.0 Å². The Balaban J connectivity index is 2.17. The summed E-state index contributed by atoms with van der Waals surface area (Å²) in [5.41, 5.74) is 1.08. The van der Waals surface area contributed by atoms with Crippen molar-refractivity contribution in [1.82, 2.24) is 4.90 Å². The van der Waals surface area contributed by atoms with Crippen LogP contribution >= 0.6 is 27.3 Å². The molecule has 5 nitrogen and oxygen atoms in total. The van der Waals surface area contributed by atoms with Gasteiger partial charge in [0.1, 0.15) is 0 Å². The second-order valence-electron chi connectivity index (χ2n) is 4.65. The summed E-state index contributed by atoms with van der Waals surface area (Å²) in [5, 5.41) is 12.7. The van der Waals surface area contributed by atoms with Crippen LogP contribution in [-0.2, 0) is 6.54 Å². The predicted molar refractivity (Wildman–Crippen MR) is 85.6 cm³/mol. The lowest BCUT2D eigenvalue weighted by Gasteiger charge is -2.17. The van der Waals surface area contributed by atoms with Gasteiger partial charge in [-0.2, -0.15) is 0 Å². The van der Waals surface area contributed by atoms with Crippen molar-refractivity contribution in [3.8, 4) is 0 Å². The van der Waals surface area contributed by atoms with Crippen LogP contribution in [0.15, 0.2) is 34.1 Å². The Morgan fingerprint density at radius 2 is 2.14 bits per heavy atom. The highest BCUT2D eigenvalue weighted by Crippen LogP contribution is 2.23. The van der Waals surface area contributed by atoms with E-state index < -0.39 is 4.92 Å². The van der Waals surface area contributed by atoms with Gasteiger partial charge in [-0.1, -0.05) is 0 Å². The first kappa shape index (κ1) is 15.7. The molecule has 0 bridgehead atoms. The fourth-order valence-electron chi connectivity index (χ4n) is 1.95. The van der Waals surface area contributed by atoms with Crippen molar-refractivity contribution < 1.29 is 9.72 Å². The molecule has 1 aromatic heterocycles. The molecule has 2 aromatic rings. The first-order valence-corrected chi connectivity index (χ1v) is 7.79. The van der Waals surface area contributed by atoms with Crippen molar-refractivity contribution in [2.24, 2.45) is 0 Å². The highest BCUT2D eigenvalue weighted by molar-refractivity contribution is 9.10. The summed E-state index contributed by atoms with van der Waals surface area (Å²) in [5.74, 6) is -0.146. The van der Waals surface area contributed by atoms with Gasteiger partial charge in [-0.3, -0.25) is 14.9 Å². The number of rotatable bonds is 4. The standard InChI is InChI=1S/C14H13BrN2O3S/c1-9-5-11(17(19)20)3-4-13(9)14(18)16(2)7-12-6-10(15)8-21-12/h3-6,8H,7H2,1-2H3. The molecule has 0 N–H and O–H groups in total. The molecule has 0 aliphatic heterocycles. The molecule has 0 fully saturated rings. The van der Waals surface area contributed by atoms with Gasteiger partial charge in [-0.05, 0) is 40.5 Å². The molecule has 7 heteroatoms. The maximum Gasteiger partial charge on any atom is 0.269 e. The Morgan fingerprint density at radius 3 is 2.67 bits per heavy atom. The molecule has 0 saturated heterocycles. The van der Waals surface area contributed by atoms with E-state index in [2.05, 4.69) is 15.9 Å². The number of aryl methyl sites for hydroxylation is 1. The quantitative estimate of drug-likeness (QED) is 0.605. The third kappa shape index (κ3) is 3.68. The molecule has 1 amide bonds. The Labute approximate surface area is 134 Å². The minimum Gasteiger partial charge on any atom is -0.337 e. The number of nitro benzene ring substituents is 1. The van der Waals surface area contributed by atoms with Crippen molar-refractivity contribution in [3.63, 3.8) is 0 Å². The van der Waals surface area contributed by atoms with Crippen molar-refractivity contribution in [2.75, 3.05) is 7.05 Å². The molecule has 110 valence electrons. The number of hydrogen-bond acceptors (Lipinski definition) is 4. The third-order valence-electron chi connectivity index (χ3n) is 3.01. The van der Waals surface area contributed by atoms with Crippen molar-refractivity contribution in [3.05, 3.63) is 60.2 Å². The molecule has 0 atom stereocenters. The first-order chi connectivity index (χ1) is 9.88. The number of thiophene rings is 1. The van der Waals surface area contributed by atoms with E-state index in [0.29, 0.717) is 17.7 Å². The molecule has 0 aliphatic carbocycles. The second kappa shape index (κ2) is 6.36. The average molecular weight is 369 g/mol. The van der Waals surface area contributed by atoms with Gasteiger partial charge in [0.05, 0.1) is 11.5 Å². The average Bonchev–Trinajstić information content (AvgIpc) is 2.83. The molecule has 2 rings (SSSR count). The van der Waals surface area contributed by atoms with E-state index in [1.807, 2.05) is 11.4 Å². The third-order valence-corrected chi connectivity index (χ3v) is 4.70. The molecular weight excluding hydrogens is 356 g/mol. The van der Waals surface area contributed by atoms with Crippen LogP contribution in [0.25, 0.3) is 0 Å². The number of hydrogen-bond donors (Lipinski definition) is 0. The van der Waals surface area contributed by atoms with Crippen LogP contribution in [0.5, 0.6) is 0 Å². The molecule has 1 heterocycles. The topological polar surface area (TPSA) is 63.5 Å². The van der Waals surface area contributed by atoms with Gasteiger partial charge in [-0.15, -0.1) is 11.3 Å². The zero-order valence-corrected chi connectivity index (χ0v) is 13.9. The number of nitrogens with zero attached hydrogens (tertiary/aromatic N) is 2. The second-order valence-corrected chi connectivity index (χ2v) is 6.56. The van der Waals surface area contributed by atoms with Crippen LogP contribution in [0.2, 0.25) is 0 Å². The number of amides is 1. The Morgan fingerprint density at radius 1 is 1.43 bits per heavy atom. The molecule has 0 radical (unpaired) electrons. The highest BCUT2D eigenvalue weighted by Gasteiger charge is 2.17. The number of halogens is 1. The maximum absolute atomic E-state index is 12.4. The first-order valence-electron chi connectivity index (χ1n) is 6.12. The fourth-order valence-corrected chi connectivity index (χ4v) is 3.45. The minimum atomic E-state index is -0.464. The van der Waals surface area contributed by atoms with Crippen LogP contribution in [-0.4, -0.2) is 22.8 Å². The normalized spacial score (nSPS) is 10.4. The van der Waals surface area contributed by atoms with Crippen LogP contribution in [0.3, 0.4) is 0 Å². The summed E-state index contributed by atoms with van der Waals surface area (Å²) in [6.45, 7) is 2.21. The molecule has 21 heavy (non-hydrogen) atoms. The van der Waals surface area contributed by atoms with Gasteiger partial charge in [0.15, 0.2) is 0 Å². The van der Waals surface area contributed by atoms with Gasteiger partial charge < -0.3 is 4.90 Å². The van der Waals surface area contributed by atoms with Gasteiger partial charge in [0.25, 0.3) is 11.6 Å². The molecule has 1 aromatic carbocycles.